The lowest BCUT2D eigenvalue weighted by molar-refractivity contribution is -0.384. The van der Waals surface area contributed by atoms with Crippen molar-refractivity contribution < 1.29 is 14.5 Å². The van der Waals surface area contributed by atoms with E-state index in [1.54, 1.807) is 12.3 Å². The number of nitrogens with zero attached hydrogens (tertiary/aromatic N) is 3. The van der Waals surface area contributed by atoms with Crippen molar-refractivity contribution in [3.05, 3.63) is 106 Å². The minimum atomic E-state index is -0.847. The van der Waals surface area contributed by atoms with E-state index in [1.807, 2.05) is 55.5 Å². The van der Waals surface area contributed by atoms with Gasteiger partial charge in [-0.3, -0.25) is 24.7 Å². The van der Waals surface area contributed by atoms with Gasteiger partial charge in [0.15, 0.2) is 0 Å². The molecule has 1 unspecified atom stereocenters. The first-order chi connectivity index (χ1) is 18.8. The van der Waals surface area contributed by atoms with Gasteiger partial charge in [0.2, 0.25) is 11.8 Å². The Morgan fingerprint density at radius 2 is 1.85 bits per heavy atom. The third-order valence-corrected chi connectivity index (χ3v) is 6.53. The number of non-ortho nitro benzene ring substituents is 1. The maximum Gasteiger partial charge on any atom is 0.269 e. The second-order valence-electron chi connectivity index (χ2n) is 9.20. The van der Waals surface area contributed by atoms with E-state index in [0.29, 0.717) is 34.8 Å². The zero-order valence-corrected chi connectivity index (χ0v) is 21.4. The van der Waals surface area contributed by atoms with E-state index >= 15 is 0 Å². The Morgan fingerprint density at radius 3 is 2.49 bits per heavy atom. The quantitative estimate of drug-likeness (QED) is 0.169. The van der Waals surface area contributed by atoms with Crippen LogP contribution in [0.25, 0.3) is 11.3 Å². The third-order valence-electron chi connectivity index (χ3n) is 6.53. The average molecular weight is 523 g/mol. The Hall–Kier alpha value is -5.12. The predicted molar refractivity (Wildman–Crippen MR) is 148 cm³/mol. The van der Waals surface area contributed by atoms with Gasteiger partial charge in [0.05, 0.1) is 28.2 Å². The molecule has 1 aliphatic heterocycles. The molecule has 196 valence electrons. The molecule has 5 rings (SSSR count). The van der Waals surface area contributed by atoms with Crippen molar-refractivity contribution in [2.24, 2.45) is 4.99 Å². The first kappa shape index (κ1) is 25.5. The summed E-state index contributed by atoms with van der Waals surface area (Å²) in [5.41, 5.74) is 5.41. The van der Waals surface area contributed by atoms with Crippen LogP contribution in [0.5, 0.6) is 0 Å². The van der Waals surface area contributed by atoms with E-state index in [4.69, 9.17) is 4.99 Å². The molecular weight excluding hydrogens is 496 g/mol. The molecule has 2 heterocycles. The SMILES string of the molecule is CCc1ncc(-c2ccc(N=C(c3ccc(CNC(C)=O)cc3)C3C(=O)Nc4ccc([N+](=O)[O-])cc43)cc2)[nH]1. The number of nitro benzene ring substituents is 1. The van der Waals surface area contributed by atoms with Gasteiger partial charge in [-0.1, -0.05) is 43.3 Å². The number of benzene rings is 3. The molecule has 10 heteroatoms. The van der Waals surface area contributed by atoms with Crippen LogP contribution in [0.4, 0.5) is 17.1 Å². The molecule has 1 atom stereocenters. The summed E-state index contributed by atoms with van der Waals surface area (Å²) in [4.78, 5) is 48.0. The number of hydrogen-bond acceptors (Lipinski definition) is 6. The van der Waals surface area contributed by atoms with Crippen molar-refractivity contribution in [1.82, 2.24) is 15.3 Å². The molecule has 0 radical (unpaired) electrons. The van der Waals surface area contributed by atoms with E-state index in [1.165, 1.54) is 19.1 Å². The summed E-state index contributed by atoms with van der Waals surface area (Å²) in [5, 5.41) is 17.1. The van der Waals surface area contributed by atoms with E-state index in [0.717, 1.165) is 29.1 Å². The third kappa shape index (κ3) is 5.45. The number of hydrogen-bond donors (Lipinski definition) is 3. The van der Waals surface area contributed by atoms with Crippen molar-refractivity contribution in [3.8, 4) is 11.3 Å². The maximum atomic E-state index is 13.2. The number of carbonyl (C=O) groups excluding carboxylic acids is 2. The van der Waals surface area contributed by atoms with E-state index < -0.39 is 10.8 Å². The Morgan fingerprint density at radius 1 is 1.10 bits per heavy atom. The largest absolute Gasteiger partial charge is 0.352 e. The van der Waals surface area contributed by atoms with Gasteiger partial charge < -0.3 is 15.6 Å². The molecule has 0 spiro atoms. The Kier molecular flexibility index (Phi) is 7.00. The topological polar surface area (TPSA) is 142 Å². The molecule has 0 aliphatic carbocycles. The van der Waals surface area contributed by atoms with E-state index in [2.05, 4.69) is 20.6 Å². The number of fused-ring (bicyclic) bond motifs is 1. The maximum absolute atomic E-state index is 13.2. The van der Waals surface area contributed by atoms with E-state index in [-0.39, 0.29) is 17.5 Å². The molecule has 0 bridgehead atoms. The van der Waals surface area contributed by atoms with Crippen LogP contribution in [-0.4, -0.2) is 32.4 Å². The molecule has 0 saturated heterocycles. The summed E-state index contributed by atoms with van der Waals surface area (Å²) in [5.74, 6) is -0.392. The highest BCUT2D eigenvalue weighted by Gasteiger charge is 2.36. The summed E-state index contributed by atoms with van der Waals surface area (Å²) in [7, 11) is 0. The molecule has 10 nitrogen and oxygen atoms in total. The highest BCUT2D eigenvalue weighted by Crippen LogP contribution is 2.38. The summed E-state index contributed by atoms with van der Waals surface area (Å²) in [6, 6.07) is 19.3. The molecule has 0 fully saturated rings. The number of aromatic nitrogens is 2. The van der Waals surface area contributed by atoms with Crippen LogP contribution < -0.4 is 10.6 Å². The van der Waals surface area contributed by atoms with Crippen molar-refractivity contribution in [2.75, 3.05) is 5.32 Å². The van der Waals surface area contributed by atoms with Crippen LogP contribution in [0.2, 0.25) is 0 Å². The minimum absolute atomic E-state index is 0.101. The first-order valence-electron chi connectivity index (χ1n) is 12.5. The van der Waals surface area contributed by atoms with Crippen LogP contribution >= 0.6 is 0 Å². The number of imidazole rings is 1. The van der Waals surface area contributed by atoms with Crippen molar-refractivity contribution >= 4 is 34.6 Å². The molecule has 0 saturated carbocycles. The Balaban J connectivity index is 1.56. The molecule has 1 aliphatic rings. The highest BCUT2D eigenvalue weighted by atomic mass is 16.6. The molecule has 4 aromatic rings. The number of rotatable bonds is 8. The number of aliphatic imine (C=N–C) groups is 1. The number of nitro groups is 1. The molecular formula is C29H26N6O4. The number of amides is 2. The van der Waals surface area contributed by atoms with Gasteiger partial charge in [-0.2, -0.15) is 0 Å². The number of H-pyrrole nitrogens is 1. The molecule has 2 amide bonds. The number of aromatic amines is 1. The van der Waals surface area contributed by atoms with Crippen molar-refractivity contribution in [3.63, 3.8) is 0 Å². The average Bonchev–Trinajstić information content (AvgIpc) is 3.55. The van der Waals surface area contributed by atoms with Crippen LogP contribution in [0.15, 0.2) is 77.9 Å². The lowest BCUT2D eigenvalue weighted by Crippen LogP contribution is -2.22. The summed E-state index contributed by atoms with van der Waals surface area (Å²) in [6.45, 7) is 3.85. The fourth-order valence-corrected chi connectivity index (χ4v) is 4.49. The monoisotopic (exact) mass is 522 g/mol. The molecule has 3 aromatic carbocycles. The number of anilines is 1. The molecule has 3 N–H and O–H groups in total. The van der Waals surface area contributed by atoms with E-state index in [9.17, 15) is 19.7 Å². The Labute approximate surface area is 224 Å². The zero-order valence-electron chi connectivity index (χ0n) is 21.4. The van der Waals surface area contributed by atoms with Gasteiger partial charge >= 0.3 is 0 Å². The number of aryl methyl sites for hydroxylation is 1. The molecule has 39 heavy (non-hydrogen) atoms. The van der Waals surface area contributed by atoms with Gasteiger partial charge in [0.1, 0.15) is 11.7 Å². The van der Waals surface area contributed by atoms with Crippen LogP contribution in [-0.2, 0) is 22.6 Å². The first-order valence-corrected chi connectivity index (χ1v) is 12.5. The van der Waals surface area contributed by atoms with Gasteiger partial charge in [0.25, 0.3) is 5.69 Å². The fraction of sp³-hybridized carbons (Fsp3) is 0.172. The summed E-state index contributed by atoms with van der Waals surface area (Å²) >= 11 is 0. The highest BCUT2D eigenvalue weighted by molar-refractivity contribution is 6.24. The Bertz CT molecular complexity index is 1590. The number of nitrogens with one attached hydrogen (secondary N) is 3. The smallest absolute Gasteiger partial charge is 0.269 e. The summed E-state index contributed by atoms with van der Waals surface area (Å²) in [6.07, 6.45) is 2.59. The fourth-order valence-electron chi connectivity index (χ4n) is 4.49. The minimum Gasteiger partial charge on any atom is -0.352 e. The normalized spacial score (nSPS) is 14.6. The van der Waals surface area contributed by atoms with Crippen LogP contribution in [0.3, 0.4) is 0 Å². The van der Waals surface area contributed by atoms with Gasteiger partial charge in [-0.25, -0.2) is 4.98 Å². The second-order valence-corrected chi connectivity index (χ2v) is 9.20. The van der Waals surface area contributed by atoms with Crippen molar-refractivity contribution in [1.29, 1.82) is 0 Å². The van der Waals surface area contributed by atoms with Crippen LogP contribution in [0.1, 0.15) is 42.3 Å². The van der Waals surface area contributed by atoms with Crippen LogP contribution in [0, 0.1) is 10.1 Å². The standard InChI is InChI=1S/C29H26N6O4/c1-3-26-31-16-25(33-26)19-8-10-21(11-9-19)32-28(20-6-4-18(5-7-20)15-30-17(2)36)27-23-14-22(35(38)39)12-13-24(23)34-29(27)37/h4-14,16,27H,3,15H2,1-2H3,(H,30,36)(H,31,33)(H,34,37). The predicted octanol–water partition coefficient (Wildman–Crippen LogP) is 5.04. The number of carbonyl (C=O) groups is 2. The second kappa shape index (κ2) is 10.7. The van der Waals surface area contributed by atoms with Crippen molar-refractivity contribution in [2.45, 2.75) is 32.7 Å². The molecule has 1 aromatic heterocycles. The zero-order chi connectivity index (χ0) is 27.5. The lowest BCUT2D eigenvalue weighted by Gasteiger charge is -2.15. The van der Waals surface area contributed by atoms with Gasteiger partial charge in [0, 0.05) is 43.3 Å². The lowest BCUT2D eigenvalue weighted by atomic mass is 9.90. The summed E-state index contributed by atoms with van der Waals surface area (Å²) < 4.78 is 0. The van der Waals surface area contributed by atoms with Gasteiger partial charge in [-0.15, -0.1) is 0 Å². The van der Waals surface area contributed by atoms with Gasteiger partial charge in [-0.05, 0) is 34.9 Å².